The number of hydrogen-bond acceptors (Lipinski definition) is 7. The summed E-state index contributed by atoms with van der Waals surface area (Å²) in [7, 11) is 4.28. The number of alkyl halides is 3. The van der Waals surface area contributed by atoms with Crippen molar-refractivity contribution in [2.45, 2.75) is 12.2 Å². The van der Waals surface area contributed by atoms with Crippen molar-refractivity contribution in [3.05, 3.63) is 108 Å². The van der Waals surface area contributed by atoms with Gasteiger partial charge in [0, 0.05) is 37.6 Å². The van der Waals surface area contributed by atoms with E-state index in [1.807, 2.05) is 42.5 Å². The second-order valence-corrected chi connectivity index (χ2v) is 10.7. The van der Waals surface area contributed by atoms with Gasteiger partial charge in [-0.15, -0.1) is 0 Å². The summed E-state index contributed by atoms with van der Waals surface area (Å²) in [6.45, 7) is 2.68. The molecular formula is C35H34F3N3O5. The predicted molar refractivity (Wildman–Crippen MR) is 169 cm³/mol. The second-order valence-electron chi connectivity index (χ2n) is 10.7. The zero-order valence-electron chi connectivity index (χ0n) is 25.6. The summed E-state index contributed by atoms with van der Waals surface area (Å²) in [6, 6.07) is 24.2. The van der Waals surface area contributed by atoms with E-state index < -0.39 is 23.7 Å². The van der Waals surface area contributed by atoms with E-state index in [0.717, 1.165) is 23.4 Å². The molecule has 240 valence electrons. The predicted octanol–water partition coefficient (Wildman–Crippen LogP) is 6.68. The maximum Gasteiger partial charge on any atom is 0.416 e. The Labute approximate surface area is 265 Å². The summed E-state index contributed by atoms with van der Waals surface area (Å²) in [5, 5.41) is 2.89. The lowest BCUT2D eigenvalue weighted by Gasteiger charge is -2.39. The molecule has 1 saturated heterocycles. The van der Waals surface area contributed by atoms with Crippen LogP contribution >= 0.6 is 0 Å². The van der Waals surface area contributed by atoms with E-state index in [1.165, 1.54) is 39.5 Å². The smallest absolute Gasteiger partial charge is 0.416 e. The molecule has 1 aliphatic heterocycles. The molecule has 1 heterocycles. The van der Waals surface area contributed by atoms with Gasteiger partial charge in [-0.2, -0.15) is 13.2 Å². The Hall–Kier alpha value is -5.03. The van der Waals surface area contributed by atoms with Gasteiger partial charge in [0.2, 0.25) is 0 Å². The summed E-state index contributed by atoms with van der Waals surface area (Å²) in [4.78, 5) is 30.5. The lowest BCUT2D eigenvalue weighted by molar-refractivity contribution is -0.147. The summed E-state index contributed by atoms with van der Waals surface area (Å²) < 4.78 is 55.4. The standard InChI is InChI=1S/C35H34F3N3O5/c1-44-30-21-28(23-9-11-25(12-10-23)35(36,37)38)29(22-31(30)45-2)33(42)39-26-13-15-27(16-14-26)40-17-19-41(20-18-40)32(34(43)46-3)24-7-5-4-6-8-24/h4-16,21-22,32H,17-20H2,1-3H3,(H,39,42). The van der Waals surface area contributed by atoms with Crippen LogP contribution in [0.1, 0.15) is 27.5 Å². The van der Waals surface area contributed by atoms with Crippen LogP contribution in [0.15, 0.2) is 91.0 Å². The third-order valence-electron chi connectivity index (χ3n) is 8.00. The number of carbonyl (C=O) groups excluding carboxylic acids is 2. The number of ether oxygens (including phenoxy) is 3. The summed E-state index contributed by atoms with van der Waals surface area (Å²) in [5.74, 6) is -0.123. The number of amides is 1. The molecular weight excluding hydrogens is 599 g/mol. The van der Waals surface area contributed by atoms with Gasteiger partial charge < -0.3 is 24.4 Å². The van der Waals surface area contributed by atoms with Crippen LogP contribution in [0.4, 0.5) is 24.5 Å². The fourth-order valence-corrected chi connectivity index (χ4v) is 5.58. The number of esters is 1. The van der Waals surface area contributed by atoms with E-state index in [1.54, 1.807) is 18.2 Å². The second kappa shape index (κ2) is 13.9. The van der Waals surface area contributed by atoms with Gasteiger partial charge in [-0.3, -0.25) is 9.69 Å². The van der Waals surface area contributed by atoms with Crippen molar-refractivity contribution in [1.82, 2.24) is 4.90 Å². The SMILES string of the molecule is COC(=O)C(c1ccccc1)N1CCN(c2ccc(NC(=O)c3cc(OC)c(OC)cc3-c3ccc(C(F)(F)F)cc3)cc2)CC1. The topological polar surface area (TPSA) is 80.3 Å². The first kappa shape index (κ1) is 32.4. The number of carbonyl (C=O) groups is 2. The summed E-state index contributed by atoms with van der Waals surface area (Å²) in [6.07, 6.45) is -4.48. The van der Waals surface area contributed by atoms with Crippen molar-refractivity contribution >= 4 is 23.3 Å². The highest BCUT2D eigenvalue weighted by Crippen LogP contribution is 2.38. The van der Waals surface area contributed by atoms with Crippen molar-refractivity contribution in [3.8, 4) is 22.6 Å². The van der Waals surface area contributed by atoms with Crippen LogP contribution in [0.3, 0.4) is 0 Å². The van der Waals surface area contributed by atoms with Gasteiger partial charge in [0.25, 0.3) is 5.91 Å². The zero-order valence-corrected chi connectivity index (χ0v) is 25.6. The van der Waals surface area contributed by atoms with E-state index >= 15 is 0 Å². The summed E-state index contributed by atoms with van der Waals surface area (Å²) >= 11 is 0. The molecule has 0 aromatic heterocycles. The third kappa shape index (κ3) is 7.10. The normalized spacial score (nSPS) is 14.3. The number of piperazine rings is 1. The number of anilines is 2. The van der Waals surface area contributed by atoms with Crippen molar-refractivity contribution in [2.24, 2.45) is 0 Å². The molecule has 46 heavy (non-hydrogen) atoms. The molecule has 0 bridgehead atoms. The van der Waals surface area contributed by atoms with Gasteiger partial charge in [0.15, 0.2) is 11.5 Å². The third-order valence-corrected chi connectivity index (χ3v) is 8.00. The first-order valence-electron chi connectivity index (χ1n) is 14.6. The quantitative estimate of drug-likeness (QED) is 0.206. The Balaban J connectivity index is 1.30. The van der Waals surface area contributed by atoms with Crippen LogP contribution in [0.5, 0.6) is 11.5 Å². The average Bonchev–Trinajstić information content (AvgIpc) is 3.08. The minimum absolute atomic E-state index is 0.205. The van der Waals surface area contributed by atoms with E-state index in [0.29, 0.717) is 54.5 Å². The van der Waals surface area contributed by atoms with Gasteiger partial charge in [-0.05, 0) is 65.2 Å². The summed E-state index contributed by atoms with van der Waals surface area (Å²) in [5.41, 5.74) is 2.60. The van der Waals surface area contributed by atoms with Crippen molar-refractivity contribution in [1.29, 1.82) is 0 Å². The number of hydrogen-bond donors (Lipinski definition) is 1. The molecule has 11 heteroatoms. The monoisotopic (exact) mass is 633 g/mol. The minimum atomic E-state index is -4.48. The van der Waals surface area contributed by atoms with E-state index in [4.69, 9.17) is 14.2 Å². The molecule has 4 aromatic carbocycles. The maximum atomic E-state index is 13.5. The molecule has 1 amide bonds. The van der Waals surface area contributed by atoms with Gasteiger partial charge in [-0.1, -0.05) is 42.5 Å². The fourth-order valence-electron chi connectivity index (χ4n) is 5.58. The number of nitrogens with zero attached hydrogens (tertiary/aromatic N) is 2. The molecule has 1 fully saturated rings. The molecule has 1 unspecified atom stereocenters. The Morgan fingerprint density at radius 2 is 1.39 bits per heavy atom. The highest BCUT2D eigenvalue weighted by molar-refractivity contribution is 6.09. The number of rotatable bonds is 9. The molecule has 0 saturated carbocycles. The van der Waals surface area contributed by atoms with Crippen molar-refractivity contribution in [3.63, 3.8) is 0 Å². The lowest BCUT2D eigenvalue weighted by atomic mass is 9.97. The minimum Gasteiger partial charge on any atom is -0.493 e. The Morgan fingerprint density at radius 1 is 0.783 bits per heavy atom. The van der Waals surface area contributed by atoms with Crippen LogP contribution in [0.25, 0.3) is 11.1 Å². The lowest BCUT2D eigenvalue weighted by Crippen LogP contribution is -2.49. The Bertz CT molecular complexity index is 1650. The first-order chi connectivity index (χ1) is 22.1. The molecule has 4 aromatic rings. The molecule has 1 N–H and O–H groups in total. The molecule has 5 rings (SSSR count). The maximum absolute atomic E-state index is 13.5. The zero-order chi connectivity index (χ0) is 32.8. The number of benzene rings is 4. The van der Waals surface area contributed by atoms with E-state index in [2.05, 4.69) is 15.1 Å². The Morgan fingerprint density at radius 3 is 1.96 bits per heavy atom. The molecule has 0 aliphatic carbocycles. The van der Waals surface area contributed by atoms with Crippen molar-refractivity contribution < 1.29 is 37.0 Å². The van der Waals surface area contributed by atoms with Crippen LogP contribution in [-0.4, -0.2) is 64.3 Å². The van der Waals surface area contributed by atoms with Crippen LogP contribution in [0.2, 0.25) is 0 Å². The average molecular weight is 634 g/mol. The Kier molecular flexibility index (Phi) is 9.81. The highest BCUT2D eigenvalue weighted by atomic mass is 19.4. The van der Waals surface area contributed by atoms with Gasteiger partial charge in [0.05, 0.1) is 32.5 Å². The molecule has 1 atom stereocenters. The fraction of sp³-hybridized carbons (Fsp3) is 0.257. The largest absolute Gasteiger partial charge is 0.493 e. The number of halogens is 3. The number of methoxy groups -OCH3 is 3. The molecule has 1 aliphatic rings. The van der Waals surface area contributed by atoms with Gasteiger partial charge in [-0.25, -0.2) is 4.79 Å². The van der Waals surface area contributed by atoms with Gasteiger partial charge in [0.1, 0.15) is 6.04 Å². The van der Waals surface area contributed by atoms with Crippen LogP contribution < -0.4 is 19.7 Å². The van der Waals surface area contributed by atoms with Crippen LogP contribution in [0, 0.1) is 0 Å². The first-order valence-corrected chi connectivity index (χ1v) is 14.6. The van der Waals surface area contributed by atoms with E-state index in [-0.39, 0.29) is 11.5 Å². The van der Waals surface area contributed by atoms with Crippen LogP contribution in [-0.2, 0) is 15.7 Å². The van der Waals surface area contributed by atoms with Gasteiger partial charge >= 0.3 is 12.1 Å². The number of nitrogens with one attached hydrogen (secondary N) is 1. The van der Waals surface area contributed by atoms with E-state index in [9.17, 15) is 22.8 Å². The van der Waals surface area contributed by atoms with Crippen molar-refractivity contribution in [2.75, 3.05) is 57.7 Å². The molecule has 8 nitrogen and oxygen atoms in total. The highest BCUT2D eigenvalue weighted by Gasteiger charge is 2.32. The molecule has 0 radical (unpaired) electrons. The molecule has 0 spiro atoms.